The molecule has 0 bridgehead atoms. The Morgan fingerprint density at radius 1 is 1.38 bits per heavy atom. The smallest absolute Gasteiger partial charge is 0.141 e. The zero-order valence-electron chi connectivity index (χ0n) is 7.75. The van der Waals surface area contributed by atoms with Gasteiger partial charge in [0.2, 0.25) is 0 Å². The Morgan fingerprint density at radius 3 is 2.85 bits per heavy atom. The molecule has 0 spiro atoms. The van der Waals surface area contributed by atoms with Gasteiger partial charge in [0.05, 0.1) is 6.54 Å². The average molecular weight is 175 g/mol. The number of nitrogens with one attached hydrogen (secondary N) is 1. The summed E-state index contributed by atoms with van der Waals surface area (Å²) in [6.45, 7) is 3.45. The van der Waals surface area contributed by atoms with Gasteiger partial charge in [0.15, 0.2) is 0 Å². The average Bonchev–Trinajstić information content (AvgIpc) is 2.19. The molecule has 0 atom stereocenters. The maximum absolute atomic E-state index is 4.09. The maximum atomic E-state index is 4.09. The molecular formula is C10H13N3. The Labute approximate surface area is 78.6 Å². The van der Waals surface area contributed by atoms with E-state index in [2.05, 4.69) is 27.1 Å². The Balaban J connectivity index is 2.16. The molecule has 0 aliphatic heterocycles. The Kier molecular flexibility index (Phi) is 4.58. The molecule has 0 aliphatic carbocycles. The van der Waals surface area contributed by atoms with E-state index in [1.54, 1.807) is 12.4 Å². The molecule has 1 N–H and O–H groups in total. The topological polar surface area (TPSA) is 37.8 Å². The second kappa shape index (κ2) is 6.15. The summed E-state index contributed by atoms with van der Waals surface area (Å²) in [5, 5.41) is 3.21. The third-order valence-corrected chi connectivity index (χ3v) is 1.51. The van der Waals surface area contributed by atoms with E-state index in [0.29, 0.717) is 6.54 Å². The first-order valence-corrected chi connectivity index (χ1v) is 4.29. The summed E-state index contributed by atoms with van der Waals surface area (Å²) in [5.41, 5.74) is 0. The normalized spacial score (nSPS) is 9.00. The number of nitrogens with zero attached hydrogens (tertiary/aromatic N) is 2. The molecule has 1 aromatic heterocycles. The number of hydrogen-bond acceptors (Lipinski definition) is 3. The predicted molar refractivity (Wildman–Crippen MR) is 51.8 cm³/mol. The lowest BCUT2D eigenvalue weighted by molar-refractivity contribution is 0.670. The second-order valence-electron chi connectivity index (χ2n) is 2.52. The second-order valence-corrected chi connectivity index (χ2v) is 2.52. The van der Waals surface area contributed by atoms with E-state index in [0.717, 1.165) is 18.8 Å². The lowest BCUT2D eigenvalue weighted by Gasteiger charge is -1.99. The van der Waals surface area contributed by atoms with Crippen molar-refractivity contribution in [2.24, 2.45) is 0 Å². The molecule has 13 heavy (non-hydrogen) atoms. The monoisotopic (exact) mass is 175 g/mol. The third kappa shape index (κ3) is 4.24. The molecule has 0 saturated heterocycles. The summed E-state index contributed by atoms with van der Waals surface area (Å²) in [6.07, 6.45) is 4.37. The molecular weight excluding hydrogens is 162 g/mol. The number of hydrogen-bond donors (Lipinski definition) is 1. The Hall–Kier alpha value is -1.40. The van der Waals surface area contributed by atoms with Crippen LogP contribution in [0.5, 0.6) is 0 Å². The van der Waals surface area contributed by atoms with Crippen LogP contribution in [0.15, 0.2) is 18.5 Å². The molecule has 1 rings (SSSR count). The largest absolute Gasteiger partial charge is 0.309 e. The molecule has 0 fully saturated rings. The van der Waals surface area contributed by atoms with Crippen LogP contribution in [-0.4, -0.2) is 16.5 Å². The Morgan fingerprint density at radius 2 is 2.15 bits per heavy atom. The van der Waals surface area contributed by atoms with E-state index >= 15 is 0 Å². The fourth-order valence-corrected chi connectivity index (χ4v) is 0.897. The zero-order chi connectivity index (χ0) is 9.36. The van der Waals surface area contributed by atoms with E-state index in [4.69, 9.17) is 0 Å². The van der Waals surface area contributed by atoms with Gasteiger partial charge in [-0.3, -0.25) is 0 Å². The van der Waals surface area contributed by atoms with Gasteiger partial charge in [-0.2, -0.15) is 0 Å². The molecule has 3 heteroatoms. The minimum Gasteiger partial charge on any atom is -0.309 e. The minimum absolute atomic E-state index is 0.715. The number of rotatable bonds is 4. The highest BCUT2D eigenvalue weighted by Gasteiger charge is 1.91. The van der Waals surface area contributed by atoms with E-state index in [-0.39, 0.29) is 0 Å². The first-order valence-electron chi connectivity index (χ1n) is 4.29. The lowest BCUT2D eigenvalue weighted by atomic mass is 10.4. The van der Waals surface area contributed by atoms with Crippen molar-refractivity contribution in [2.45, 2.75) is 19.9 Å². The van der Waals surface area contributed by atoms with Crippen molar-refractivity contribution in [1.29, 1.82) is 0 Å². The van der Waals surface area contributed by atoms with Crippen molar-refractivity contribution in [3.05, 3.63) is 24.3 Å². The van der Waals surface area contributed by atoms with Crippen molar-refractivity contribution in [1.82, 2.24) is 15.3 Å². The molecule has 1 aromatic rings. The van der Waals surface area contributed by atoms with Gasteiger partial charge in [-0.15, -0.1) is 11.8 Å². The summed E-state index contributed by atoms with van der Waals surface area (Å²) in [5.74, 6) is 6.65. The van der Waals surface area contributed by atoms with Crippen LogP contribution in [-0.2, 0) is 6.54 Å². The van der Waals surface area contributed by atoms with Crippen LogP contribution in [0, 0.1) is 11.8 Å². The molecule has 3 nitrogen and oxygen atoms in total. The van der Waals surface area contributed by atoms with Gasteiger partial charge in [-0.1, -0.05) is 0 Å². The van der Waals surface area contributed by atoms with Gasteiger partial charge in [0.25, 0.3) is 0 Å². The fraction of sp³-hybridized carbons (Fsp3) is 0.400. The predicted octanol–water partition coefficient (Wildman–Crippen LogP) is 0.980. The molecule has 0 aliphatic rings. The minimum atomic E-state index is 0.715. The van der Waals surface area contributed by atoms with E-state index < -0.39 is 0 Å². The quantitative estimate of drug-likeness (QED) is 0.547. The zero-order valence-corrected chi connectivity index (χ0v) is 7.75. The highest BCUT2D eigenvalue weighted by molar-refractivity contribution is 4.95. The van der Waals surface area contributed by atoms with Gasteiger partial charge in [-0.25, -0.2) is 9.97 Å². The molecule has 0 radical (unpaired) electrons. The SMILES string of the molecule is CC#CCCNCc1ncccn1. The van der Waals surface area contributed by atoms with Gasteiger partial charge in [0.1, 0.15) is 5.82 Å². The third-order valence-electron chi connectivity index (χ3n) is 1.51. The summed E-state index contributed by atoms with van der Waals surface area (Å²) in [7, 11) is 0. The van der Waals surface area contributed by atoms with Gasteiger partial charge < -0.3 is 5.32 Å². The maximum Gasteiger partial charge on any atom is 0.141 e. The summed E-state index contributed by atoms with van der Waals surface area (Å²) < 4.78 is 0. The van der Waals surface area contributed by atoms with Crippen molar-refractivity contribution >= 4 is 0 Å². The standard InChI is InChI=1S/C10H13N3/c1-2-3-4-6-11-9-10-12-7-5-8-13-10/h5,7-8,11H,4,6,9H2,1H3. The van der Waals surface area contributed by atoms with Crippen molar-refractivity contribution in [2.75, 3.05) is 6.54 Å². The molecule has 0 saturated carbocycles. The van der Waals surface area contributed by atoms with Crippen LogP contribution in [0.3, 0.4) is 0 Å². The number of aromatic nitrogens is 2. The highest BCUT2D eigenvalue weighted by atomic mass is 14.9. The van der Waals surface area contributed by atoms with Gasteiger partial charge >= 0.3 is 0 Å². The Bertz CT molecular complexity index is 284. The fourth-order valence-electron chi connectivity index (χ4n) is 0.897. The van der Waals surface area contributed by atoms with Crippen LogP contribution < -0.4 is 5.32 Å². The van der Waals surface area contributed by atoms with Crippen LogP contribution >= 0.6 is 0 Å². The van der Waals surface area contributed by atoms with E-state index in [1.165, 1.54) is 0 Å². The first kappa shape index (κ1) is 9.69. The summed E-state index contributed by atoms with van der Waals surface area (Å²) in [4.78, 5) is 8.17. The van der Waals surface area contributed by atoms with Crippen LogP contribution in [0.1, 0.15) is 19.2 Å². The molecule has 0 unspecified atom stereocenters. The van der Waals surface area contributed by atoms with Gasteiger partial charge in [0, 0.05) is 25.4 Å². The first-order chi connectivity index (χ1) is 6.43. The van der Waals surface area contributed by atoms with Crippen LogP contribution in [0.4, 0.5) is 0 Å². The molecule has 0 amide bonds. The highest BCUT2D eigenvalue weighted by Crippen LogP contribution is 1.85. The van der Waals surface area contributed by atoms with Crippen LogP contribution in [0.25, 0.3) is 0 Å². The van der Waals surface area contributed by atoms with Gasteiger partial charge in [-0.05, 0) is 13.0 Å². The molecule has 68 valence electrons. The van der Waals surface area contributed by atoms with E-state index in [9.17, 15) is 0 Å². The van der Waals surface area contributed by atoms with Crippen LogP contribution in [0.2, 0.25) is 0 Å². The summed E-state index contributed by atoms with van der Waals surface area (Å²) in [6, 6.07) is 1.81. The summed E-state index contributed by atoms with van der Waals surface area (Å²) >= 11 is 0. The lowest BCUT2D eigenvalue weighted by Crippen LogP contribution is -2.15. The van der Waals surface area contributed by atoms with E-state index in [1.807, 2.05) is 13.0 Å². The molecule has 0 aromatic carbocycles. The molecule has 1 heterocycles. The van der Waals surface area contributed by atoms with Crippen molar-refractivity contribution in [3.8, 4) is 11.8 Å². The van der Waals surface area contributed by atoms with Crippen molar-refractivity contribution < 1.29 is 0 Å². The van der Waals surface area contributed by atoms with Crippen molar-refractivity contribution in [3.63, 3.8) is 0 Å².